The fourth-order valence-electron chi connectivity index (χ4n) is 0.983. The molecule has 0 fully saturated rings. The predicted molar refractivity (Wildman–Crippen MR) is 48.2 cm³/mol. The largest absolute Gasteiger partial charge is 0.509 e. The fraction of sp³-hybridized carbons (Fsp3) is 0.222. The Hall–Kier alpha value is -1.25. The Morgan fingerprint density at radius 1 is 1.50 bits per heavy atom. The molecule has 0 atom stereocenters. The number of ketones is 1. The molecule has 60 valence electrons. The van der Waals surface area contributed by atoms with Crippen LogP contribution in [0.3, 0.4) is 0 Å². The summed E-state index contributed by atoms with van der Waals surface area (Å²) in [5.41, 5.74) is 1.54. The van der Waals surface area contributed by atoms with Crippen molar-refractivity contribution >= 4 is 19.1 Å². The highest BCUT2D eigenvalue weighted by molar-refractivity contribution is 6.35. The molecule has 0 saturated heterocycles. The molecular weight excluding hydrogens is 151 g/mol. The van der Waals surface area contributed by atoms with Crippen LogP contribution in [-0.2, 0) is 0 Å². The smallest absolute Gasteiger partial charge is 0.159 e. The zero-order valence-corrected chi connectivity index (χ0v) is 7.09. The second-order valence-electron chi connectivity index (χ2n) is 2.78. The first-order chi connectivity index (χ1) is 5.52. The van der Waals surface area contributed by atoms with E-state index in [2.05, 4.69) is 0 Å². The third kappa shape index (κ3) is 1.50. The van der Waals surface area contributed by atoms with Crippen molar-refractivity contribution in [3.05, 3.63) is 23.3 Å². The number of rotatable bonds is 1. The molecule has 0 aliphatic rings. The SMILES string of the molecule is [B]c1c(C)cc(C(C)=O)cc1O. The van der Waals surface area contributed by atoms with E-state index in [-0.39, 0.29) is 11.5 Å². The first-order valence-corrected chi connectivity index (χ1v) is 3.62. The van der Waals surface area contributed by atoms with Crippen LogP contribution in [0, 0.1) is 6.92 Å². The normalized spacial score (nSPS) is 9.83. The van der Waals surface area contributed by atoms with Gasteiger partial charge in [-0.2, -0.15) is 0 Å². The van der Waals surface area contributed by atoms with Gasteiger partial charge in [-0.15, -0.1) is 0 Å². The number of Topliss-reactive ketones (excluding diaryl/α,β-unsaturated/α-hetero) is 1. The van der Waals surface area contributed by atoms with E-state index in [4.69, 9.17) is 7.85 Å². The summed E-state index contributed by atoms with van der Waals surface area (Å²) in [5.74, 6) is -0.103. The van der Waals surface area contributed by atoms with Crippen LogP contribution in [0.15, 0.2) is 12.1 Å². The van der Waals surface area contributed by atoms with Gasteiger partial charge in [0, 0.05) is 5.56 Å². The lowest BCUT2D eigenvalue weighted by molar-refractivity contribution is 0.101. The van der Waals surface area contributed by atoms with Crippen LogP contribution in [0.5, 0.6) is 5.75 Å². The average molecular weight is 160 g/mol. The van der Waals surface area contributed by atoms with Crippen molar-refractivity contribution in [2.75, 3.05) is 0 Å². The van der Waals surface area contributed by atoms with E-state index in [0.29, 0.717) is 11.0 Å². The molecule has 1 N–H and O–H groups in total. The van der Waals surface area contributed by atoms with E-state index < -0.39 is 0 Å². The first kappa shape index (κ1) is 8.85. The summed E-state index contributed by atoms with van der Waals surface area (Å²) >= 11 is 0. The molecular formula is C9H9BO2. The number of hydrogen-bond acceptors (Lipinski definition) is 2. The highest BCUT2D eigenvalue weighted by atomic mass is 16.3. The van der Waals surface area contributed by atoms with Crippen molar-refractivity contribution in [2.24, 2.45) is 0 Å². The average Bonchev–Trinajstić information content (AvgIpc) is 1.99. The third-order valence-electron chi connectivity index (χ3n) is 1.77. The highest BCUT2D eigenvalue weighted by Crippen LogP contribution is 2.11. The fourth-order valence-corrected chi connectivity index (χ4v) is 0.983. The zero-order chi connectivity index (χ0) is 9.30. The minimum absolute atomic E-state index is 0.0276. The van der Waals surface area contributed by atoms with Crippen molar-refractivity contribution in [1.82, 2.24) is 0 Å². The molecule has 1 aromatic carbocycles. The lowest BCUT2D eigenvalue weighted by Crippen LogP contribution is -2.09. The quantitative estimate of drug-likeness (QED) is 0.484. The number of phenolic OH excluding ortho intramolecular Hbond substituents is 1. The number of benzene rings is 1. The van der Waals surface area contributed by atoms with Crippen LogP contribution < -0.4 is 5.46 Å². The Morgan fingerprint density at radius 2 is 2.08 bits per heavy atom. The van der Waals surface area contributed by atoms with Crippen molar-refractivity contribution in [3.63, 3.8) is 0 Å². The van der Waals surface area contributed by atoms with Gasteiger partial charge in [0.05, 0.1) is 0 Å². The molecule has 1 aromatic rings. The molecule has 0 heterocycles. The van der Waals surface area contributed by atoms with E-state index in [1.165, 1.54) is 13.0 Å². The van der Waals surface area contributed by atoms with E-state index in [9.17, 15) is 9.90 Å². The summed E-state index contributed by atoms with van der Waals surface area (Å²) in [6.45, 7) is 3.20. The molecule has 12 heavy (non-hydrogen) atoms. The Morgan fingerprint density at radius 3 is 2.50 bits per heavy atom. The molecule has 2 radical (unpaired) electrons. The Kier molecular flexibility index (Phi) is 2.22. The maximum Gasteiger partial charge on any atom is 0.159 e. The minimum atomic E-state index is -0.0756. The number of aryl methyl sites for hydroxylation is 1. The molecule has 0 aromatic heterocycles. The van der Waals surface area contributed by atoms with Crippen LogP contribution in [-0.4, -0.2) is 18.7 Å². The molecule has 0 bridgehead atoms. The van der Waals surface area contributed by atoms with Crippen molar-refractivity contribution < 1.29 is 9.90 Å². The molecule has 0 amide bonds. The Bertz CT molecular complexity index is 308. The first-order valence-electron chi connectivity index (χ1n) is 3.62. The molecule has 0 saturated carbocycles. The number of aromatic hydroxyl groups is 1. The van der Waals surface area contributed by atoms with E-state index in [1.807, 2.05) is 0 Å². The second-order valence-corrected chi connectivity index (χ2v) is 2.78. The molecule has 0 aliphatic carbocycles. The molecule has 1 rings (SSSR count). The summed E-state index contributed by atoms with van der Waals surface area (Å²) in [7, 11) is 5.49. The summed E-state index contributed by atoms with van der Waals surface area (Å²) < 4.78 is 0. The lowest BCUT2D eigenvalue weighted by Gasteiger charge is -2.05. The molecule has 3 heteroatoms. The van der Waals surface area contributed by atoms with Crippen LogP contribution >= 0.6 is 0 Å². The van der Waals surface area contributed by atoms with Gasteiger partial charge in [-0.25, -0.2) is 0 Å². The number of hydrogen-bond donors (Lipinski definition) is 1. The third-order valence-corrected chi connectivity index (χ3v) is 1.77. The lowest BCUT2D eigenvalue weighted by atomic mass is 9.88. The molecule has 0 spiro atoms. The standard InChI is InChI=1S/C9H9BO2/c1-5-3-7(6(2)11)4-8(12)9(5)10/h3-4,12H,1-2H3. The summed E-state index contributed by atoms with van der Waals surface area (Å²) in [6, 6.07) is 3.04. The predicted octanol–water partition coefficient (Wildman–Crippen LogP) is 0.697. The Balaban J connectivity index is 3.31. The van der Waals surface area contributed by atoms with Gasteiger partial charge in [-0.1, -0.05) is 11.0 Å². The maximum absolute atomic E-state index is 10.9. The van der Waals surface area contributed by atoms with Crippen LogP contribution in [0.4, 0.5) is 0 Å². The topological polar surface area (TPSA) is 37.3 Å². The van der Waals surface area contributed by atoms with Gasteiger partial charge in [0.2, 0.25) is 0 Å². The van der Waals surface area contributed by atoms with Crippen molar-refractivity contribution in [2.45, 2.75) is 13.8 Å². The summed E-state index contributed by atoms with van der Waals surface area (Å²) in [6.07, 6.45) is 0. The maximum atomic E-state index is 10.9. The number of carbonyl (C=O) groups excluding carboxylic acids is 1. The van der Waals surface area contributed by atoms with Gasteiger partial charge in [-0.05, 0) is 26.0 Å². The molecule has 0 unspecified atom stereocenters. The van der Waals surface area contributed by atoms with E-state index in [0.717, 1.165) is 5.56 Å². The van der Waals surface area contributed by atoms with Crippen LogP contribution in [0.1, 0.15) is 22.8 Å². The zero-order valence-electron chi connectivity index (χ0n) is 7.09. The van der Waals surface area contributed by atoms with Gasteiger partial charge in [0.1, 0.15) is 13.6 Å². The van der Waals surface area contributed by atoms with Gasteiger partial charge in [0.25, 0.3) is 0 Å². The second kappa shape index (κ2) is 3.01. The van der Waals surface area contributed by atoms with Gasteiger partial charge >= 0.3 is 0 Å². The van der Waals surface area contributed by atoms with E-state index >= 15 is 0 Å². The van der Waals surface area contributed by atoms with Crippen LogP contribution in [0.25, 0.3) is 0 Å². The monoisotopic (exact) mass is 160 g/mol. The van der Waals surface area contributed by atoms with Gasteiger partial charge < -0.3 is 5.11 Å². The van der Waals surface area contributed by atoms with Gasteiger partial charge in [0.15, 0.2) is 5.78 Å². The highest BCUT2D eigenvalue weighted by Gasteiger charge is 2.05. The van der Waals surface area contributed by atoms with Crippen molar-refractivity contribution in [3.8, 4) is 5.75 Å². The molecule has 2 nitrogen and oxygen atoms in total. The molecule has 0 aliphatic heterocycles. The number of phenols is 1. The Labute approximate surface area is 72.6 Å². The van der Waals surface area contributed by atoms with Crippen LogP contribution in [0.2, 0.25) is 0 Å². The van der Waals surface area contributed by atoms with Gasteiger partial charge in [-0.3, -0.25) is 4.79 Å². The minimum Gasteiger partial charge on any atom is -0.509 e. The summed E-state index contributed by atoms with van der Waals surface area (Å²) in [5, 5.41) is 9.25. The summed E-state index contributed by atoms with van der Waals surface area (Å²) in [4.78, 5) is 10.9. The number of carbonyl (C=O) groups is 1. The van der Waals surface area contributed by atoms with E-state index in [1.54, 1.807) is 13.0 Å². The van der Waals surface area contributed by atoms with Crippen molar-refractivity contribution in [1.29, 1.82) is 0 Å².